The van der Waals surface area contributed by atoms with Crippen LogP contribution in [0.5, 0.6) is 11.5 Å². The quantitative estimate of drug-likeness (QED) is 0.787. The highest BCUT2D eigenvalue weighted by molar-refractivity contribution is 5.91. The number of carbonyl (C=O) groups excluding carboxylic acids is 1. The van der Waals surface area contributed by atoms with E-state index in [9.17, 15) is 4.79 Å². The summed E-state index contributed by atoms with van der Waals surface area (Å²) in [5, 5.41) is 0. The molecule has 0 saturated heterocycles. The van der Waals surface area contributed by atoms with Crippen LogP contribution >= 0.6 is 0 Å². The first kappa shape index (κ1) is 15.9. The summed E-state index contributed by atoms with van der Waals surface area (Å²) < 4.78 is 15.8. The van der Waals surface area contributed by atoms with Crippen molar-refractivity contribution in [1.29, 1.82) is 0 Å². The minimum absolute atomic E-state index is 0.324. The fourth-order valence-electron chi connectivity index (χ4n) is 2.29. The molecule has 0 aromatic heterocycles. The van der Waals surface area contributed by atoms with E-state index in [4.69, 9.17) is 14.2 Å². The summed E-state index contributed by atoms with van der Waals surface area (Å²) in [5.41, 5.74) is 3.29. The van der Waals surface area contributed by atoms with E-state index in [0.717, 1.165) is 28.2 Å². The predicted molar refractivity (Wildman–Crippen MR) is 85.7 cm³/mol. The van der Waals surface area contributed by atoms with Crippen molar-refractivity contribution in [1.82, 2.24) is 0 Å². The number of hydrogen-bond donors (Lipinski definition) is 0. The van der Waals surface area contributed by atoms with Crippen LogP contribution < -0.4 is 9.47 Å². The summed E-state index contributed by atoms with van der Waals surface area (Å²) in [6, 6.07) is 11.2. The first-order valence-electron chi connectivity index (χ1n) is 7.10. The maximum Gasteiger partial charge on any atom is 0.338 e. The van der Waals surface area contributed by atoms with E-state index < -0.39 is 0 Å². The number of rotatable bonds is 5. The summed E-state index contributed by atoms with van der Waals surface area (Å²) in [6.45, 7) is 4.09. The van der Waals surface area contributed by atoms with E-state index >= 15 is 0 Å². The standard InChI is InChI=1S/C18H20O4/c1-5-22-18(19)14-8-6-7-13(9-14)15-10-16(20-3)12(2)17(11-15)21-4/h6-11H,5H2,1-4H3. The predicted octanol–water partition coefficient (Wildman–Crippen LogP) is 3.86. The average Bonchev–Trinajstić information content (AvgIpc) is 2.55. The molecule has 2 aromatic carbocycles. The lowest BCUT2D eigenvalue weighted by Crippen LogP contribution is -2.04. The zero-order valence-electron chi connectivity index (χ0n) is 13.3. The lowest BCUT2D eigenvalue weighted by molar-refractivity contribution is 0.0526. The Morgan fingerprint density at radius 1 is 1.00 bits per heavy atom. The molecule has 0 atom stereocenters. The second kappa shape index (κ2) is 6.98. The Balaban J connectivity index is 2.48. The molecule has 22 heavy (non-hydrogen) atoms. The monoisotopic (exact) mass is 300 g/mol. The fraction of sp³-hybridized carbons (Fsp3) is 0.278. The molecule has 0 spiro atoms. The van der Waals surface area contributed by atoms with Gasteiger partial charge in [-0.25, -0.2) is 4.79 Å². The fourth-order valence-corrected chi connectivity index (χ4v) is 2.29. The van der Waals surface area contributed by atoms with Gasteiger partial charge >= 0.3 is 5.97 Å². The second-order valence-electron chi connectivity index (χ2n) is 4.81. The minimum Gasteiger partial charge on any atom is -0.496 e. The summed E-state index contributed by atoms with van der Waals surface area (Å²) in [4.78, 5) is 11.9. The summed E-state index contributed by atoms with van der Waals surface area (Å²) in [5.74, 6) is 1.17. The number of esters is 1. The molecule has 116 valence electrons. The van der Waals surface area contributed by atoms with Gasteiger partial charge < -0.3 is 14.2 Å². The zero-order chi connectivity index (χ0) is 16.1. The van der Waals surface area contributed by atoms with E-state index in [2.05, 4.69) is 0 Å². The topological polar surface area (TPSA) is 44.8 Å². The number of ether oxygens (including phenoxy) is 3. The molecule has 0 aliphatic rings. The van der Waals surface area contributed by atoms with Crippen molar-refractivity contribution in [2.24, 2.45) is 0 Å². The van der Waals surface area contributed by atoms with Crippen molar-refractivity contribution in [3.63, 3.8) is 0 Å². The van der Waals surface area contributed by atoms with E-state index in [1.807, 2.05) is 37.3 Å². The highest BCUT2D eigenvalue weighted by Crippen LogP contribution is 2.34. The van der Waals surface area contributed by atoms with Crippen LogP contribution in [0.25, 0.3) is 11.1 Å². The van der Waals surface area contributed by atoms with Gasteiger partial charge in [0.2, 0.25) is 0 Å². The molecular weight excluding hydrogens is 280 g/mol. The number of benzene rings is 2. The maximum atomic E-state index is 11.9. The van der Waals surface area contributed by atoms with Gasteiger partial charge in [0.15, 0.2) is 0 Å². The number of carbonyl (C=O) groups is 1. The van der Waals surface area contributed by atoms with Gasteiger partial charge in [0, 0.05) is 5.56 Å². The Morgan fingerprint density at radius 3 is 2.18 bits per heavy atom. The van der Waals surface area contributed by atoms with Crippen LogP contribution in [0.4, 0.5) is 0 Å². The first-order chi connectivity index (χ1) is 10.6. The molecular formula is C18H20O4. The van der Waals surface area contributed by atoms with Crippen LogP contribution in [0.3, 0.4) is 0 Å². The highest BCUT2D eigenvalue weighted by Gasteiger charge is 2.12. The molecule has 0 N–H and O–H groups in total. The summed E-state index contributed by atoms with van der Waals surface area (Å²) >= 11 is 0. The zero-order valence-corrected chi connectivity index (χ0v) is 13.3. The van der Waals surface area contributed by atoms with E-state index in [1.165, 1.54) is 0 Å². The van der Waals surface area contributed by atoms with Crippen molar-refractivity contribution < 1.29 is 19.0 Å². The van der Waals surface area contributed by atoms with Crippen LogP contribution in [0.1, 0.15) is 22.8 Å². The van der Waals surface area contributed by atoms with E-state index in [-0.39, 0.29) is 5.97 Å². The average molecular weight is 300 g/mol. The molecule has 0 fully saturated rings. The molecule has 0 aliphatic carbocycles. The Labute approximate surface area is 130 Å². The third-order valence-electron chi connectivity index (χ3n) is 3.46. The Kier molecular flexibility index (Phi) is 5.04. The third-order valence-corrected chi connectivity index (χ3v) is 3.46. The Hall–Kier alpha value is -2.49. The largest absolute Gasteiger partial charge is 0.496 e. The molecule has 2 rings (SSSR count). The van der Waals surface area contributed by atoms with Crippen LogP contribution in [-0.2, 0) is 4.74 Å². The van der Waals surface area contributed by atoms with Gasteiger partial charge in [0.05, 0.1) is 26.4 Å². The molecule has 0 saturated carbocycles. The highest BCUT2D eigenvalue weighted by atomic mass is 16.5. The van der Waals surface area contributed by atoms with Crippen molar-refractivity contribution in [3.8, 4) is 22.6 Å². The van der Waals surface area contributed by atoms with Crippen LogP contribution in [0, 0.1) is 6.92 Å². The Morgan fingerprint density at radius 2 is 1.64 bits per heavy atom. The van der Waals surface area contributed by atoms with Crippen LogP contribution in [0.2, 0.25) is 0 Å². The molecule has 0 amide bonds. The molecule has 4 nitrogen and oxygen atoms in total. The second-order valence-corrected chi connectivity index (χ2v) is 4.81. The van der Waals surface area contributed by atoms with Gasteiger partial charge in [-0.2, -0.15) is 0 Å². The first-order valence-corrected chi connectivity index (χ1v) is 7.10. The maximum absolute atomic E-state index is 11.9. The molecule has 0 aliphatic heterocycles. The molecule has 0 radical (unpaired) electrons. The van der Waals surface area contributed by atoms with Gasteiger partial charge in [-0.1, -0.05) is 12.1 Å². The lowest BCUT2D eigenvalue weighted by atomic mass is 10.0. The lowest BCUT2D eigenvalue weighted by Gasteiger charge is -2.13. The third kappa shape index (κ3) is 3.22. The summed E-state index contributed by atoms with van der Waals surface area (Å²) in [7, 11) is 3.25. The normalized spacial score (nSPS) is 10.2. The van der Waals surface area contributed by atoms with Crippen molar-refractivity contribution in [2.45, 2.75) is 13.8 Å². The van der Waals surface area contributed by atoms with Crippen molar-refractivity contribution >= 4 is 5.97 Å². The minimum atomic E-state index is -0.324. The molecule has 0 bridgehead atoms. The van der Waals surface area contributed by atoms with E-state index in [1.54, 1.807) is 27.2 Å². The van der Waals surface area contributed by atoms with Crippen LogP contribution in [-0.4, -0.2) is 26.8 Å². The van der Waals surface area contributed by atoms with Crippen molar-refractivity contribution in [2.75, 3.05) is 20.8 Å². The molecule has 2 aromatic rings. The van der Waals surface area contributed by atoms with Gasteiger partial charge in [-0.3, -0.25) is 0 Å². The van der Waals surface area contributed by atoms with Gasteiger partial charge in [-0.05, 0) is 49.2 Å². The Bertz CT molecular complexity index is 652. The molecule has 0 heterocycles. The van der Waals surface area contributed by atoms with E-state index in [0.29, 0.717) is 12.2 Å². The number of methoxy groups -OCH3 is 2. The number of hydrogen-bond acceptors (Lipinski definition) is 4. The molecule has 0 unspecified atom stereocenters. The van der Waals surface area contributed by atoms with Crippen LogP contribution in [0.15, 0.2) is 36.4 Å². The smallest absolute Gasteiger partial charge is 0.338 e. The SMILES string of the molecule is CCOC(=O)c1cccc(-c2cc(OC)c(C)c(OC)c2)c1. The van der Waals surface area contributed by atoms with Gasteiger partial charge in [0.25, 0.3) is 0 Å². The molecule has 4 heteroatoms. The summed E-state index contributed by atoms with van der Waals surface area (Å²) in [6.07, 6.45) is 0. The van der Waals surface area contributed by atoms with Gasteiger partial charge in [0.1, 0.15) is 11.5 Å². The van der Waals surface area contributed by atoms with Gasteiger partial charge in [-0.15, -0.1) is 0 Å². The van der Waals surface area contributed by atoms with Crippen molar-refractivity contribution in [3.05, 3.63) is 47.5 Å².